The first kappa shape index (κ1) is 16.4. The fourth-order valence-corrected chi connectivity index (χ4v) is 3.76. The zero-order valence-electron chi connectivity index (χ0n) is 14.6. The van der Waals surface area contributed by atoms with Crippen LogP contribution in [0.2, 0.25) is 0 Å². The SMILES string of the molecule is C[C@@H]1CN(Cc2ccccc2)Cc2c1nc(N)c(C#N)c2-c1ccco1. The van der Waals surface area contributed by atoms with E-state index in [4.69, 9.17) is 10.2 Å². The molecule has 0 amide bonds. The van der Waals surface area contributed by atoms with E-state index >= 15 is 0 Å². The number of rotatable bonds is 3. The van der Waals surface area contributed by atoms with Gasteiger partial charge in [0.15, 0.2) is 0 Å². The monoisotopic (exact) mass is 344 g/mol. The molecule has 0 aliphatic carbocycles. The molecule has 3 heterocycles. The molecule has 2 aromatic heterocycles. The fraction of sp³-hybridized carbons (Fsp3) is 0.238. The second-order valence-corrected chi connectivity index (χ2v) is 6.76. The van der Waals surface area contributed by atoms with E-state index in [-0.39, 0.29) is 11.7 Å². The Balaban J connectivity index is 1.79. The van der Waals surface area contributed by atoms with E-state index in [2.05, 4.69) is 47.1 Å². The van der Waals surface area contributed by atoms with Crippen molar-refractivity contribution >= 4 is 5.82 Å². The maximum Gasteiger partial charge on any atom is 0.142 e. The summed E-state index contributed by atoms with van der Waals surface area (Å²) in [5.41, 5.74) is 10.6. The second kappa shape index (κ2) is 6.66. The highest BCUT2D eigenvalue weighted by Gasteiger charge is 2.30. The van der Waals surface area contributed by atoms with Crippen molar-refractivity contribution in [2.45, 2.75) is 25.9 Å². The highest BCUT2D eigenvalue weighted by Crippen LogP contribution is 2.38. The van der Waals surface area contributed by atoms with Gasteiger partial charge in [-0.15, -0.1) is 0 Å². The number of nitriles is 1. The lowest BCUT2D eigenvalue weighted by atomic mass is 9.89. The summed E-state index contributed by atoms with van der Waals surface area (Å²) in [6.07, 6.45) is 1.62. The molecule has 1 aliphatic heterocycles. The van der Waals surface area contributed by atoms with E-state index in [1.54, 1.807) is 6.26 Å². The van der Waals surface area contributed by atoms with Crippen molar-refractivity contribution in [3.63, 3.8) is 0 Å². The second-order valence-electron chi connectivity index (χ2n) is 6.76. The summed E-state index contributed by atoms with van der Waals surface area (Å²) < 4.78 is 5.62. The van der Waals surface area contributed by atoms with Crippen LogP contribution < -0.4 is 5.73 Å². The molecular weight excluding hydrogens is 324 g/mol. The molecule has 0 bridgehead atoms. The number of pyridine rings is 1. The number of anilines is 1. The topological polar surface area (TPSA) is 79.1 Å². The van der Waals surface area contributed by atoms with Gasteiger partial charge in [0.1, 0.15) is 23.2 Å². The van der Waals surface area contributed by atoms with Gasteiger partial charge in [-0.1, -0.05) is 37.3 Å². The zero-order chi connectivity index (χ0) is 18.1. The number of hydrogen-bond donors (Lipinski definition) is 1. The first-order valence-corrected chi connectivity index (χ1v) is 8.70. The van der Waals surface area contributed by atoms with Crippen LogP contribution in [0.25, 0.3) is 11.3 Å². The Morgan fingerprint density at radius 3 is 2.77 bits per heavy atom. The van der Waals surface area contributed by atoms with Gasteiger partial charge in [-0.25, -0.2) is 4.98 Å². The third kappa shape index (κ3) is 2.85. The standard InChI is InChI=1S/C21H20N4O/c1-14-11-25(12-15-6-3-2-4-7-15)13-17-19(18-8-5-9-26-18)16(10-22)21(23)24-20(14)17/h2-9,14H,11-13H2,1H3,(H2,23,24)/t14-/m1/s1. The van der Waals surface area contributed by atoms with Gasteiger partial charge in [-0.05, 0) is 17.7 Å². The average molecular weight is 344 g/mol. The largest absolute Gasteiger partial charge is 0.464 e. The van der Waals surface area contributed by atoms with Crippen molar-refractivity contribution in [2.75, 3.05) is 12.3 Å². The van der Waals surface area contributed by atoms with E-state index in [0.717, 1.165) is 29.9 Å². The van der Waals surface area contributed by atoms with E-state index in [9.17, 15) is 5.26 Å². The number of nitrogens with zero attached hydrogens (tertiary/aromatic N) is 3. The van der Waals surface area contributed by atoms with E-state index in [1.165, 1.54) is 5.56 Å². The van der Waals surface area contributed by atoms with Crippen molar-refractivity contribution in [1.82, 2.24) is 9.88 Å². The van der Waals surface area contributed by atoms with Gasteiger partial charge in [0.2, 0.25) is 0 Å². The van der Waals surface area contributed by atoms with Crippen LogP contribution in [0.3, 0.4) is 0 Å². The number of nitrogens with two attached hydrogens (primary N) is 1. The molecule has 1 aliphatic rings. The normalized spacial score (nSPS) is 16.8. The summed E-state index contributed by atoms with van der Waals surface area (Å²) in [5, 5.41) is 9.64. The van der Waals surface area contributed by atoms with Crippen LogP contribution in [-0.2, 0) is 13.1 Å². The van der Waals surface area contributed by atoms with Gasteiger partial charge >= 0.3 is 0 Å². The van der Waals surface area contributed by atoms with Crippen LogP contribution >= 0.6 is 0 Å². The molecule has 0 saturated carbocycles. The zero-order valence-corrected chi connectivity index (χ0v) is 14.6. The van der Waals surface area contributed by atoms with Gasteiger partial charge in [-0.2, -0.15) is 5.26 Å². The van der Waals surface area contributed by atoms with Gasteiger partial charge in [-0.3, -0.25) is 4.90 Å². The van der Waals surface area contributed by atoms with Gasteiger partial charge in [0.25, 0.3) is 0 Å². The number of aromatic nitrogens is 1. The summed E-state index contributed by atoms with van der Waals surface area (Å²) in [4.78, 5) is 6.95. The number of nitrogen functional groups attached to an aromatic ring is 1. The number of benzene rings is 1. The molecule has 0 spiro atoms. The minimum Gasteiger partial charge on any atom is -0.464 e. The Labute approximate surface area is 152 Å². The van der Waals surface area contributed by atoms with Crippen LogP contribution in [0.5, 0.6) is 0 Å². The minimum absolute atomic E-state index is 0.228. The van der Waals surface area contributed by atoms with Crippen LogP contribution in [0.15, 0.2) is 53.1 Å². The van der Waals surface area contributed by atoms with E-state index in [1.807, 2.05) is 18.2 Å². The van der Waals surface area contributed by atoms with Crippen molar-refractivity contribution in [3.8, 4) is 17.4 Å². The lowest BCUT2D eigenvalue weighted by Gasteiger charge is -2.34. The third-order valence-corrected chi connectivity index (χ3v) is 4.87. The Hall–Kier alpha value is -3.10. The molecule has 26 heavy (non-hydrogen) atoms. The molecule has 0 saturated heterocycles. The highest BCUT2D eigenvalue weighted by molar-refractivity contribution is 5.76. The van der Waals surface area contributed by atoms with Crippen molar-refractivity contribution < 1.29 is 4.42 Å². The molecule has 0 unspecified atom stereocenters. The van der Waals surface area contributed by atoms with Crippen molar-refractivity contribution in [3.05, 3.63) is 71.1 Å². The molecule has 0 fully saturated rings. The molecule has 2 N–H and O–H groups in total. The predicted molar refractivity (Wildman–Crippen MR) is 100 cm³/mol. The molecule has 3 aromatic rings. The average Bonchev–Trinajstić information content (AvgIpc) is 3.16. The third-order valence-electron chi connectivity index (χ3n) is 4.87. The molecule has 1 aromatic carbocycles. The maximum absolute atomic E-state index is 9.64. The van der Waals surface area contributed by atoms with Crippen LogP contribution in [-0.4, -0.2) is 16.4 Å². The summed E-state index contributed by atoms with van der Waals surface area (Å²) in [7, 11) is 0. The summed E-state index contributed by atoms with van der Waals surface area (Å²) >= 11 is 0. The Morgan fingerprint density at radius 1 is 1.27 bits per heavy atom. The molecule has 1 atom stereocenters. The smallest absolute Gasteiger partial charge is 0.142 e. The molecule has 5 heteroatoms. The fourth-order valence-electron chi connectivity index (χ4n) is 3.76. The number of hydrogen-bond acceptors (Lipinski definition) is 5. The number of furan rings is 1. The van der Waals surface area contributed by atoms with Crippen molar-refractivity contribution in [1.29, 1.82) is 5.26 Å². The highest BCUT2D eigenvalue weighted by atomic mass is 16.3. The minimum atomic E-state index is 0.228. The Bertz CT molecular complexity index is 958. The Morgan fingerprint density at radius 2 is 2.08 bits per heavy atom. The summed E-state index contributed by atoms with van der Waals surface area (Å²) in [6.45, 7) is 4.62. The first-order chi connectivity index (χ1) is 12.7. The van der Waals surface area contributed by atoms with Crippen LogP contribution in [0.1, 0.15) is 35.2 Å². The predicted octanol–water partition coefficient (Wildman–Crippen LogP) is 3.91. The summed E-state index contributed by atoms with van der Waals surface area (Å²) in [5.74, 6) is 1.17. The molecule has 4 rings (SSSR count). The lowest BCUT2D eigenvalue weighted by molar-refractivity contribution is 0.224. The van der Waals surface area contributed by atoms with Gasteiger partial charge in [0.05, 0.1) is 12.0 Å². The van der Waals surface area contributed by atoms with Crippen LogP contribution in [0.4, 0.5) is 5.82 Å². The number of fused-ring (bicyclic) bond motifs is 1. The molecule has 130 valence electrons. The Kier molecular flexibility index (Phi) is 4.19. The molecular formula is C21H20N4O. The van der Waals surface area contributed by atoms with Crippen molar-refractivity contribution in [2.24, 2.45) is 0 Å². The molecule has 0 radical (unpaired) electrons. The van der Waals surface area contributed by atoms with Crippen LogP contribution in [0, 0.1) is 11.3 Å². The first-order valence-electron chi connectivity index (χ1n) is 8.70. The maximum atomic E-state index is 9.64. The summed E-state index contributed by atoms with van der Waals surface area (Å²) in [6, 6.07) is 16.3. The quantitative estimate of drug-likeness (QED) is 0.779. The van der Waals surface area contributed by atoms with Gasteiger partial charge in [0, 0.05) is 36.7 Å². The lowest BCUT2D eigenvalue weighted by Crippen LogP contribution is -2.33. The van der Waals surface area contributed by atoms with E-state index < -0.39 is 0 Å². The van der Waals surface area contributed by atoms with Gasteiger partial charge < -0.3 is 10.2 Å². The van der Waals surface area contributed by atoms with E-state index in [0.29, 0.717) is 17.9 Å². The molecule has 5 nitrogen and oxygen atoms in total.